The minimum atomic E-state index is 0.438. The van der Waals surface area contributed by atoms with Crippen molar-refractivity contribution in [2.75, 3.05) is 31.6 Å². The van der Waals surface area contributed by atoms with Crippen LogP contribution in [-0.4, -0.2) is 54.8 Å². The van der Waals surface area contributed by atoms with Gasteiger partial charge in [-0.1, -0.05) is 18.2 Å². The summed E-state index contributed by atoms with van der Waals surface area (Å²) in [7, 11) is 2.29. The lowest BCUT2D eigenvalue weighted by molar-refractivity contribution is 0.0990. The maximum Gasteiger partial charge on any atom is 0.0771 e. The molecule has 2 saturated heterocycles. The van der Waals surface area contributed by atoms with Gasteiger partial charge in [0.2, 0.25) is 0 Å². The van der Waals surface area contributed by atoms with Crippen molar-refractivity contribution in [1.29, 1.82) is 0 Å². The van der Waals surface area contributed by atoms with Crippen molar-refractivity contribution in [2.24, 2.45) is 0 Å². The second-order valence-electron chi connectivity index (χ2n) is 9.59. The number of hydrogen-bond donors (Lipinski definition) is 1. The fourth-order valence-electron chi connectivity index (χ4n) is 6.18. The molecule has 30 heavy (non-hydrogen) atoms. The monoisotopic (exact) mass is 404 g/mol. The predicted octanol–water partition coefficient (Wildman–Crippen LogP) is 3.08. The number of pyridine rings is 1. The molecule has 5 heteroatoms. The van der Waals surface area contributed by atoms with Crippen LogP contribution in [0.5, 0.6) is 0 Å². The zero-order chi connectivity index (χ0) is 20.1. The molecule has 1 aromatic carbocycles. The number of nitrogens with one attached hydrogen (secondary N) is 1. The van der Waals surface area contributed by atoms with Crippen molar-refractivity contribution in [3.8, 4) is 0 Å². The molecular formula is C25H32N4O. The van der Waals surface area contributed by atoms with Crippen molar-refractivity contribution in [1.82, 2.24) is 15.2 Å². The topological polar surface area (TPSA) is 40.6 Å². The number of morpholine rings is 1. The average molecular weight is 405 g/mol. The lowest BCUT2D eigenvalue weighted by atomic mass is 9.89. The molecule has 0 radical (unpaired) electrons. The van der Waals surface area contributed by atoms with E-state index in [1.165, 1.54) is 48.2 Å². The van der Waals surface area contributed by atoms with E-state index in [9.17, 15) is 0 Å². The SMILES string of the molecule is CN(C[C@H]1Cc2c(cccc2N2CC3C[C@H]2CO3)CN1)[C@H]1CCCc2cccnc21. The Balaban J connectivity index is 1.20. The Labute approximate surface area is 179 Å². The van der Waals surface area contributed by atoms with Crippen molar-refractivity contribution < 1.29 is 4.74 Å². The first-order chi connectivity index (χ1) is 14.8. The van der Waals surface area contributed by atoms with Crippen LogP contribution in [0.15, 0.2) is 36.5 Å². The molecule has 2 aromatic rings. The summed E-state index contributed by atoms with van der Waals surface area (Å²) in [6.07, 6.45) is 8.35. The molecule has 0 spiro atoms. The van der Waals surface area contributed by atoms with E-state index < -0.39 is 0 Å². The van der Waals surface area contributed by atoms with Crippen LogP contribution in [-0.2, 0) is 24.1 Å². The Hall–Kier alpha value is -1.95. The number of aromatic nitrogens is 1. The van der Waals surface area contributed by atoms with Gasteiger partial charge < -0.3 is 15.0 Å². The van der Waals surface area contributed by atoms with Crippen molar-refractivity contribution >= 4 is 5.69 Å². The van der Waals surface area contributed by atoms with E-state index in [0.717, 1.165) is 32.7 Å². The fourth-order valence-corrected chi connectivity index (χ4v) is 6.18. The van der Waals surface area contributed by atoms with Gasteiger partial charge in [0.05, 0.1) is 30.5 Å². The maximum absolute atomic E-state index is 5.85. The summed E-state index contributed by atoms with van der Waals surface area (Å²) >= 11 is 0. The van der Waals surface area contributed by atoms with Crippen LogP contribution in [0.3, 0.4) is 0 Å². The van der Waals surface area contributed by atoms with Crippen molar-refractivity contribution in [3.05, 3.63) is 58.9 Å². The van der Waals surface area contributed by atoms with E-state index in [0.29, 0.717) is 24.2 Å². The van der Waals surface area contributed by atoms with Crippen molar-refractivity contribution in [3.63, 3.8) is 0 Å². The molecule has 4 atom stereocenters. The number of rotatable bonds is 4. The molecule has 1 N–H and O–H groups in total. The van der Waals surface area contributed by atoms with Gasteiger partial charge in [-0.25, -0.2) is 0 Å². The first-order valence-corrected chi connectivity index (χ1v) is 11.6. The second-order valence-corrected chi connectivity index (χ2v) is 9.59. The first-order valence-electron chi connectivity index (χ1n) is 11.6. The largest absolute Gasteiger partial charge is 0.374 e. The predicted molar refractivity (Wildman–Crippen MR) is 119 cm³/mol. The van der Waals surface area contributed by atoms with Crippen LogP contribution in [0.4, 0.5) is 5.69 Å². The highest BCUT2D eigenvalue weighted by Gasteiger charge is 2.40. The number of nitrogens with zero attached hydrogens (tertiary/aromatic N) is 3. The molecule has 2 fully saturated rings. The maximum atomic E-state index is 5.85. The van der Waals surface area contributed by atoms with E-state index in [-0.39, 0.29) is 0 Å². The molecule has 1 aromatic heterocycles. The standard InChI is InChI=1S/C25H32N4O/c1-28(24-9-2-5-17-7-4-10-26-25(17)24)14-19-11-22-18(13-27-19)6-3-8-23(22)29-15-21-12-20(29)16-30-21/h3-4,6-8,10,19-21,24,27H,2,5,9,11-16H2,1H3/t19-,20+,21?,24+/m1/s1. The third kappa shape index (κ3) is 3.24. The Kier molecular flexibility index (Phi) is 4.78. The number of anilines is 1. The molecule has 0 amide bonds. The van der Waals surface area contributed by atoms with Gasteiger partial charge in [0.1, 0.15) is 0 Å². The van der Waals surface area contributed by atoms with E-state index in [1.807, 2.05) is 6.20 Å². The molecule has 3 aliphatic heterocycles. The van der Waals surface area contributed by atoms with Gasteiger partial charge in [-0.15, -0.1) is 0 Å². The number of fused-ring (bicyclic) bond motifs is 4. The fraction of sp³-hybridized carbons (Fsp3) is 0.560. The van der Waals surface area contributed by atoms with Crippen LogP contribution >= 0.6 is 0 Å². The molecule has 6 rings (SSSR count). The quantitative estimate of drug-likeness (QED) is 0.848. The van der Waals surface area contributed by atoms with Gasteiger partial charge in [0.15, 0.2) is 0 Å². The second kappa shape index (κ2) is 7.63. The van der Waals surface area contributed by atoms with E-state index in [2.05, 4.69) is 52.5 Å². The lowest BCUT2D eigenvalue weighted by Crippen LogP contribution is -2.46. The molecule has 0 saturated carbocycles. The normalized spacial score (nSPS) is 29.9. The summed E-state index contributed by atoms with van der Waals surface area (Å²) in [5, 5.41) is 3.82. The third-order valence-corrected chi connectivity index (χ3v) is 7.70. The molecule has 1 aliphatic carbocycles. The molecule has 4 aliphatic rings. The highest BCUT2D eigenvalue weighted by atomic mass is 16.5. The summed E-state index contributed by atoms with van der Waals surface area (Å²) in [5.41, 5.74) is 7.23. The number of ether oxygens (including phenoxy) is 1. The third-order valence-electron chi connectivity index (χ3n) is 7.70. The lowest BCUT2D eigenvalue weighted by Gasteiger charge is -2.38. The van der Waals surface area contributed by atoms with Gasteiger partial charge in [0, 0.05) is 37.6 Å². The molecule has 1 unspecified atom stereocenters. The minimum absolute atomic E-state index is 0.438. The molecule has 5 nitrogen and oxygen atoms in total. The van der Waals surface area contributed by atoms with Crippen molar-refractivity contribution in [2.45, 2.75) is 62.9 Å². The summed E-state index contributed by atoms with van der Waals surface area (Å²) in [4.78, 5) is 9.93. The number of benzene rings is 1. The molecule has 4 heterocycles. The van der Waals surface area contributed by atoms with Gasteiger partial charge in [-0.3, -0.25) is 9.88 Å². The highest BCUT2D eigenvalue weighted by molar-refractivity contribution is 5.60. The van der Waals surface area contributed by atoms with Gasteiger partial charge in [-0.2, -0.15) is 0 Å². The van der Waals surface area contributed by atoms with E-state index in [4.69, 9.17) is 9.72 Å². The summed E-state index contributed by atoms with van der Waals surface area (Å²) in [6.45, 7) is 3.99. The Morgan fingerprint density at radius 1 is 1.23 bits per heavy atom. The van der Waals surface area contributed by atoms with E-state index in [1.54, 1.807) is 5.56 Å². The Morgan fingerprint density at radius 3 is 3.03 bits per heavy atom. The van der Waals surface area contributed by atoms with Gasteiger partial charge in [0.25, 0.3) is 0 Å². The van der Waals surface area contributed by atoms with Crippen LogP contribution in [0.2, 0.25) is 0 Å². The van der Waals surface area contributed by atoms with Crippen LogP contribution in [0, 0.1) is 0 Å². The summed E-state index contributed by atoms with van der Waals surface area (Å²) in [6, 6.07) is 12.7. The number of hydrogen-bond acceptors (Lipinski definition) is 5. The van der Waals surface area contributed by atoms with E-state index >= 15 is 0 Å². The first kappa shape index (κ1) is 18.8. The molecule has 158 valence electrons. The van der Waals surface area contributed by atoms with Gasteiger partial charge in [-0.05, 0) is 68.0 Å². The minimum Gasteiger partial charge on any atom is -0.374 e. The zero-order valence-corrected chi connectivity index (χ0v) is 17.9. The van der Waals surface area contributed by atoms with Crippen LogP contribution in [0.25, 0.3) is 0 Å². The summed E-state index contributed by atoms with van der Waals surface area (Å²) in [5.74, 6) is 0. The number of likely N-dealkylation sites (N-methyl/N-ethyl adjacent to an activating group) is 1. The van der Waals surface area contributed by atoms with Crippen LogP contribution in [0.1, 0.15) is 47.7 Å². The number of aryl methyl sites for hydroxylation is 1. The Morgan fingerprint density at radius 2 is 2.17 bits per heavy atom. The summed E-state index contributed by atoms with van der Waals surface area (Å²) < 4.78 is 5.85. The zero-order valence-electron chi connectivity index (χ0n) is 17.9. The molecular weight excluding hydrogens is 372 g/mol. The molecule has 2 bridgehead atoms. The average Bonchev–Trinajstić information content (AvgIpc) is 3.42. The Bertz CT molecular complexity index is 931. The highest BCUT2D eigenvalue weighted by Crippen LogP contribution is 2.37. The van der Waals surface area contributed by atoms with Crippen LogP contribution < -0.4 is 10.2 Å². The smallest absolute Gasteiger partial charge is 0.0771 e. The van der Waals surface area contributed by atoms with Gasteiger partial charge >= 0.3 is 0 Å².